The Morgan fingerprint density at radius 3 is 2.77 bits per heavy atom. The van der Waals surface area contributed by atoms with Crippen molar-refractivity contribution in [3.05, 3.63) is 50.3 Å². The lowest BCUT2D eigenvalue weighted by Gasteiger charge is -2.15. The maximum atomic E-state index is 12.0. The molecule has 0 saturated heterocycles. The van der Waals surface area contributed by atoms with E-state index in [-0.39, 0.29) is 13.0 Å². The molecule has 0 fully saturated rings. The molecule has 1 unspecified atom stereocenters. The van der Waals surface area contributed by atoms with Gasteiger partial charge in [-0.2, -0.15) is 0 Å². The summed E-state index contributed by atoms with van der Waals surface area (Å²) >= 11 is 0. The summed E-state index contributed by atoms with van der Waals surface area (Å²) in [6.07, 6.45) is 2.00. The predicted molar refractivity (Wildman–Crippen MR) is 86.5 cm³/mol. The summed E-state index contributed by atoms with van der Waals surface area (Å²) in [7, 11) is -3.07. The average Bonchev–Trinajstić information content (AvgIpc) is 3.18. The zero-order chi connectivity index (χ0) is 19.1. The number of hydrogen-bond donors (Lipinski definition) is 3. The molecule has 2 aromatic heterocycles. The summed E-state index contributed by atoms with van der Waals surface area (Å²) in [6.45, 7) is 1.57. The molecule has 0 saturated carbocycles. The van der Waals surface area contributed by atoms with Crippen LogP contribution in [0.15, 0.2) is 33.5 Å². The van der Waals surface area contributed by atoms with Crippen molar-refractivity contribution in [2.24, 2.45) is 0 Å². The van der Waals surface area contributed by atoms with Gasteiger partial charge in [0.25, 0.3) is 5.56 Å². The minimum atomic E-state index is -4.50. The zero-order valence-corrected chi connectivity index (χ0v) is 14.7. The van der Waals surface area contributed by atoms with E-state index in [2.05, 4.69) is 15.3 Å². The van der Waals surface area contributed by atoms with Gasteiger partial charge in [-0.15, -0.1) is 5.10 Å². The van der Waals surface area contributed by atoms with Gasteiger partial charge in [-0.1, -0.05) is 5.21 Å². The van der Waals surface area contributed by atoms with Crippen LogP contribution in [-0.2, 0) is 20.6 Å². The van der Waals surface area contributed by atoms with Gasteiger partial charge in [0.1, 0.15) is 12.3 Å². The van der Waals surface area contributed by atoms with Crippen molar-refractivity contribution in [1.29, 1.82) is 0 Å². The summed E-state index contributed by atoms with van der Waals surface area (Å²) < 4.78 is 24.6. The van der Waals surface area contributed by atoms with Crippen LogP contribution in [0.1, 0.15) is 18.2 Å². The van der Waals surface area contributed by atoms with E-state index in [4.69, 9.17) is 19.3 Å². The van der Waals surface area contributed by atoms with E-state index in [1.165, 1.54) is 22.6 Å². The van der Waals surface area contributed by atoms with Crippen LogP contribution in [0, 0.1) is 6.92 Å². The second kappa shape index (κ2) is 6.56. The molecule has 1 atom stereocenters. The summed E-state index contributed by atoms with van der Waals surface area (Å²) in [4.78, 5) is 43.9. The Morgan fingerprint density at radius 2 is 2.15 bits per heavy atom. The second-order valence-electron chi connectivity index (χ2n) is 5.62. The van der Waals surface area contributed by atoms with Gasteiger partial charge < -0.3 is 19.3 Å². The predicted octanol–water partition coefficient (Wildman–Crippen LogP) is -1.28. The Labute approximate surface area is 145 Å². The molecule has 1 aliphatic heterocycles. The fraction of sp³-hybridized carbons (Fsp3) is 0.385. The largest absolute Gasteiger partial charge is 0.497 e. The molecule has 12 nitrogen and oxygen atoms in total. The van der Waals surface area contributed by atoms with Crippen LogP contribution in [0.5, 0.6) is 0 Å². The number of methoxy groups -OCH3 is 1. The molecule has 0 aromatic carbocycles. The van der Waals surface area contributed by atoms with Crippen molar-refractivity contribution in [3.63, 3.8) is 0 Å². The molecule has 0 spiro atoms. The summed E-state index contributed by atoms with van der Waals surface area (Å²) in [5.74, 6) is 0.773. The number of aromatic amines is 1. The number of hydrogen-bond acceptors (Lipinski definition) is 7. The van der Waals surface area contributed by atoms with Gasteiger partial charge in [0, 0.05) is 11.8 Å². The quantitative estimate of drug-likeness (QED) is 0.532. The number of nitrogens with one attached hydrogen (secondary N) is 1. The summed E-state index contributed by atoms with van der Waals surface area (Å²) in [5.41, 5.74) is -1.20. The zero-order valence-electron chi connectivity index (χ0n) is 13.8. The fourth-order valence-corrected chi connectivity index (χ4v) is 2.91. The lowest BCUT2D eigenvalue weighted by molar-refractivity contribution is 0.0697. The average molecular weight is 385 g/mol. The lowest BCUT2D eigenvalue weighted by Crippen LogP contribution is -2.33. The number of allylic oxidation sites excluding steroid dienone is 1. The van der Waals surface area contributed by atoms with Crippen LogP contribution in [0.4, 0.5) is 0 Å². The van der Waals surface area contributed by atoms with Gasteiger partial charge in [0.2, 0.25) is 0 Å². The highest BCUT2D eigenvalue weighted by Crippen LogP contribution is 2.33. The Hall–Kier alpha value is -2.69. The molecule has 3 heterocycles. The number of ether oxygens (including phenoxy) is 2. The minimum Gasteiger partial charge on any atom is -0.497 e. The Kier molecular flexibility index (Phi) is 4.57. The standard InChI is InChI=1S/C13H16N5O7P/c1-7-4-18(13(20)14-12(7)19)11-3-8(24-2)9(25-11)5-17-6-10(15-16-17)26(21,22)23/h4,6,11H,3,5H2,1-2H3,(H,14,19,20)(H2,21,22,23). The molecule has 0 bridgehead atoms. The maximum Gasteiger partial charge on any atom is 0.377 e. The highest BCUT2D eigenvalue weighted by atomic mass is 31.2. The molecule has 26 heavy (non-hydrogen) atoms. The van der Waals surface area contributed by atoms with Gasteiger partial charge >= 0.3 is 13.3 Å². The van der Waals surface area contributed by atoms with Gasteiger partial charge in [-0.3, -0.25) is 18.9 Å². The molecule has 13 heteroatoms. The molecule has 3 rings (SSSR count). The van der Waals surface area contributed by atoms with Crippen LogP contribution < -0.4 is 16.7 Å². The molecule has 0 radical (unpaired) electrons. The smallest absolute Gasteiger partial charge is 0.377 e. The lowest BCUT2D eigenvalue weighted by atomic mass is 10.3. The summed E-state index contributed by atoms with van der Waals surface area (Å²) in [6, 6.07) is 0. The number of aryl methyl sites for hydroxylation is 1. The third-order valence-corrected chi connectivity index (χ3v) is 4.58. The van der Waals surface area contributed by atoms with Gasteiger partial charge in [-0.05, 0) is 6.92 Å². The first-order chi connectivity index (χ1) is 12.2. The SMILES string of the molecule is COC1=C(Cn2cc(P(=O)(O)O)nn2)OC(n2cc(C)c(=O)[nH]c2=O)C1. The topological polar surface area (TPSA) is 162 Å². The third kappa shape index (κ3) is 3.47. The van der Waals surface area contributed by atoms with Crippen molar-refractivity contribution < 1.29 is 23.8 Å². The number of rotatable bonds is 5. The first-order valence-electron chi connectivity index (χ1n) is 7.40. The van der Waals surface area contributed by atoms with Crippen LogP contribution in [0.25, 0.3) is 0 Å². The van der Waals surface area contributed by atoms with Crippen LogP contribution >= 0.6 is 7.60 Å². The van der Waals surface area contributed by atoms with Crippen molar-refractivity contribution in [2.75, 3.05) is 7.11 Å². The Morgan fingerprint density at radius 1 is 1.42 bits per heavy atom. The molecule has 2 aromatic rings. The van der Waals surface area contributed by atoms with E-state index in [1.54, 1.807) is 6.92 Å². The van der Waals surface area contributed by atoms with Crippen molar-refractivity contribution in [3.8, 4) is 0 Å². The Bertz CT molecular complexity index is 1030. The van der Waals surface area contributed by atoms with E-state index in [9.17, 15) is 14.2 Å². The van der Waals surface area contributed by atoms with E-state index in [0.29, 0.717) is 17.1 Å². The van der Waals surface area contributed by atoms with E-state index >= 15 is 0 Å². The van der Waals surface area contributed by atoms with E-state index in [1.807, 2.05) is 0 Å². The van der Waals surface area contributed by atoms with Crippen LogP contribution in [0.3, 0.4) is 0 Å². The van der Waals surface area contributed by atoms with E-state index in [0.717, 1.165) is 6.20 Å². The highest BCUT2D eigenvalue weighted by Gasteiger charge is 2.30. The summed E-state index contributed by atoms with van der Waals surface area (Å²) in [5, 5.41) is 7.07. The third-order valence-electron chi connectivity index (χ3n) is 3.78. The molecule has 0 amide bonds. The van der Waals surface area contributed by atoms with Gasteiger partial charge in [-0.25, -0.2) is 9.48 Å². The van der Waals surface area contributed by atoms with Crippen molar-refractivity contribution >= 4 is 13.0 Å². The maximum absolute atomic E-state index is 12.0. The van der Waals surface area contributed by atoms with Crippen LogP contribution in [-0.4, -0.2) is 41.4 Å². The van der Waals surface area contributed by atoms with Gasteiger partial charge in [0.15, 0.2) is 17.4 Å². The van der Waals surface area contributed by atoms with Crippen molar-refractivity contribution in [2.45, 2.75) is 26.1 Å². The number of nitrogens with zero attached hydrogens (tertiary/aromatic N) is 4. The number of H-pyrrole nitrogens is 1. The normalized spacial score (nSPS) is 17.5. The molecule has 1 aliphatic rings. The highest BCUT2D eigenvalue weighted by molar-refractivity contribution is 7.59. The van der Waals surface area contributed by atoms with Crippen molar-refractivity contribution in [1.82, 2.24) is 24.5 Å². The number of aromatic nitrogens is 5. The van der Waals surface area contributed by atoms with Gasteiger partial charge in [0.05, 0.1) is 19.7 Å². The first-order valence-corrected chi connectivity index (χ1v) is 9.01. The van der Waals surface area contributed by atoms with Crippen LogP contribution in [0.2, 0.25) is 0 Å². The Balaban J connectivity index is 1.84. The van der Waals surface area contributed by atoms with E-state index < -0.39 is 30.5 Å². The fourth-order valence-electron chi connectivity index (χ4n) is 2.47. The molecule has 140 valence electrons. The monoisotopic (exact) mass is 385 g/mol. The molecule has 3 N–H and O–H groups in total. The molecular weight excluding hydrogens is 369 g/mol. The molecule has 0 aliphatic carbocycles. The molecular formula is C13H16N5O7P. The minimum absolute atomic E-state index is 0.00373. The second-order valence-corrected chi connectivity index (χ2v) is 7.17. The first kappa shape index (κ1) is 18.1.